The van der Waals surface area contributed by atoms with Gasteiger partial charge < -0.3 is 10.1 Å². The first-order valence-electron chi connectivity index (χ1n) is 10.2. The van der Waals surface area contributed by atoms with Crippen LogP contribution in [0, 0.1) is 0 Å². The zero-order chi connectivity index (χ0) is 21.9. The highest BCUT2D eigenvalue weighted by atomic mass is 32.2. The molecule has 0 atom stereocenters. The van der Waals surface area contributed by atoms with Crippen molar-refractivity contribution in [1.29, 1.82) is 0 Å². The summed E-state index contributed by atoms with van der Waals surface area (Å²) in [5.74, 6) is 0.755. The molecule has 0 unspecified atom stereocenters. The molecule has 1 aliphatic rings. The highest BCUT2D eigenvalue weighted by Gasteiger charge is 2.16. The number of benzene rings is 3. The summed E-state index contributed by atoms with van der Waals surface area (Å²) in [7, 11) is 1.65. The minimum absolute atomic E-state index is 0.0390. The molecule has 5 nitrogen and oxygen atoms in total. The van der Waals surface area contributed by atoms with Crippen molar-refractivity contribution in [1.82, 2.24) is 9.78 Å². The van der Waals surface area contributed by atoms with E-state index < -0.39 is 0 Å². The summed E-state index contributed by atoms with van der Waals surface area (Å²) in [6, 6.07) is 21.7. The molecule has 0 radical (unpaired) electrons. The number of rotatable bonds is 6. The van der Waals surface area contributed by atoms with Crippen LogP contribution in [0.3, 0.4) is 0 Å². The van der Waals surface area contributed by atoms with Crippen molar-refractivity contribution in [2.45, 2.75) is 16.3 Å². The number of allylic oxidation sites excluding steroid dienone is 1. The molecule has 4 aromatic rings. The summed E-state index contributed by atoms with van der Waals surface area (Å²) >= 11 is 1.71. The Morgan fingerprint density at radius 2 is 1.94 bits per heavy atom. The third-order valence-electron chi connectivity index (χ3n) is 5.26. The first kappa shape index (κ1) is 20.2. The van der Waals surface area contributed by atoms with Gasteiger partial charge >= 0.3 is 0 Å². The Balaban J connectivity index is 1.35. The molecular weight excluding hydrogens is 418 g/mol. The van der Waals surface area contributed by atoms with Gasteiger partial charge in [0.1, 0.15) is 5.75 Å². The predicted molar refractivity (Wildman–Crippen MR) is 128 cm³/mol. The van der Waals surface area contributed by atoms with Crippen molar-refractivity contribution in [3.8, 4) is 5.75 Å². The fraction of sp³-hybridized carbons (Fsp3) is 0.0769. The molecule has 2 heterocycles. The number of anilines is 2. The standard InChI is InChI=1S/C26H21N3O2S/c1-31-24-11-8-18(15-20(24)17-29-14-4-13-27-29)7-10-23(30)19-9-12-26-22(16-19)28-21-5-2-3-6-25(21)32-26/h2-16,28H,17H2,1H3/b10-7+. The summed E-state index contributed by atoms with van der Waals surface area (Å²) in [5, 5.41) is 7.69. The van der Waals surface area contributed by atoms with E-state index in [1.54, 1.807) is 31.1 Å². The number of ether oxygens (including phenoxy) is 1. The first-order chi connectivity index (χ1) is 15.7. The second kappa shape index (κ2) is 8.77. The molecule has 0 saturated carbocycles. The normalized spacial score (nSPS) is 12.2. The Labute approximate surface area is 190 Å². The number of hydrogen-bond acceptors (Lipinski definition) is 5. The predicted octanol–water partition coefficient (Wildman–Crippen LogP) is 6.04. The minimum Gasteiger partial charge on any atom is -0.496 e. The maximum absolute atomic E-state index is 12.9. The monoisotopic (exact) mass is 439 g/mol. The van der Waals surface area contributed by atoms with Crippen LogP contribution < -0.4 is 10.1 Å². The molecule has 0 fully saturated rings. The van der Waals surface area contributed by atoms with Crippen LogP contribution in [0.15, 0.2) is 95.0 Å². The summed E-state index contributed by atoms with van der Waals surface area (Å²) < 4.78 is 7.32. The van der Waals surface area contributed by atoms with Crippen molar-refractivity contribution in [3.05, 3.63) is 102 Å². The molecule has 32 heavy (non-hydrogen) atoms. The maximum atomic E-state index is 12.9. The average molecular weight is 440 g/mol. The number of hydrogen-bond donors (Lipinski definition) is 1. The Morgan fingerprint density at radius 3 is 2.78 bits per heavy atom. The van der Waals surface area contributed by atoms with Crippen LogP contribution in [-0.4, -0.2) is 22.7 Å². The molecule has 6 heteroatoms. The third kappa shape index (κ3) is 4.18. The number of carbonyl (C=O) groups excluding carboxylic acids is 1. The molecule has 0 amide bonds. The smallest absolute Gasteiger partial charge is 0.185 e. The van der Waals surface area contributed by atoms with Crippen molar-refractivity contribution in [2.75, 3.05) is 12.4 Å². The topological polar surface area (TPSA) is 56.1 Å². The second-order valence-electron chi connectivity index (χ2n) is 7.41. The lowest BCUT2D eigenvalue weighted by molar-refractivity contribution is 0.104. The minimum atomic E-state index is -0.0390. The van der Waals surface area contributed by atoms with Gasteiger partial charge in [0.05, 0.1) is 25.0 Å². The van der Waals surface area contributed by atoms with Gasteiger partial charge in [0.15, 0.2) is 5.78 Å². The number of para-hydroxylation sites is 1. The molecule has 158 valence electrons. The van der Waals surface area contributed by atoms with E-state index in [1.165, 1.54) is 4.90 Å². The lowest BCUT2D eigenvalue weighted by Gasteiger charge is -2.20. The van der Waals surface area contributed by atoms with E-state index in [2.05, 4.69) is 16.5 Å². The maximum Gasteiger partial charge on any atom is 0.185 e. The molecule has 1 aliphatic heterocycles. The number of ketones is 1. The second-order valence-corrected chi connectivity index (χ2v) is 8.49. The summed E-state index contributed by atoms with van der Waals surface area (Å²) in [6.07, 6.45) is 7.11. The van der Waals surface area contributed by atoms with Crippen LogP contribution in [0.4, 0.5) is 11.4 Å². The van der Waals surface area contributed by atoms with E-state index in [1.807, 2.05) is 77.6 Å². The van der Waals surface area contributed by atoms with Gasteiger partial charge in [-0.2, -0.15) is 5.10 Å². The van der Waals surface area contributed by atoms with E-state index in [9.17, 15) is 4.79 Å². The SMILES string of the molecule is COc1ccc(/C=C/C(=O)c2ccc3c(c2)Nc2ccccc2S3)cc1Cn1cccn1. The fourth-order valence-corrected chi connectivity index (χ4v) is 4.62. The fourth-order valence-electron chi connectivity index (χ4n) is 3.65. The third-order valence-corrected chi connectivity index (χ3v) is 6.42. The summed E-state index contributed by atoms with van der Waals surface area (Å²) in [6.45, 7) is 0.599. The van der Waals surface area contributed by atoms with Gasteiger partial charge in [0.25, 0.3) is 0 Å². The van der Waals surface area contributed by atoms with Crippen LogP contribution in [0.1, 0.15) is 21.5 Å². The largest absolute Gasteiger partial charge is 0.496 e. The van der Waals surface area contributed by atoms with Crippen LogP contribution in [-0.2, 0) is 6.54 Å². The highest BCUT2D eigenvalue weighted by Crippen LogP contribution is 2.44. The molecule has 5 rings (SSSR count). The molecule has 0 bridgehead atoms. The Morgan fingerprint density at radius 1 is 1.06 bits per heavy atom. The van der Waals surface area contributed by atoms with Crippen molar-refractivity contribution in [3.63, 3.8) is 0 Å². The highest BCUT2D eigenvalue weighted by molar-refractivity contribution is 7.99. The van der Waals surface area contributed by atoms with Gasteiger partial charge in [0, 0.05) is 33.3 Å². The quantitative estimate of drug-likeness (QED) is 0.258. The Bertz CT molecular complexity index is 1310. The number of fused-ring (bicyclic) bond motifs is 2. The van der Waals surface area contributed by atoms with Crippen molar-refractivity contribution >= 4 is 35.0 Å². The summed E-state index contributed by atoms with van der Waals surface area (Å²) in [5.41, 5.74) is 4.60. The molecule has 0 saturated heterocycles. The number of nitrogens with one attached hydrogen (secondary N) is 1. The van der Waals surface area contributed by atoms with Crippen molar-refractivity contribution < 1.29 is 9.53 Å². The Kier molecular flexibility index (Phi) is 5.52. The van der Waals surface area contributed by atoms with Crippen LogP contribution >= 0.6 is 11.8 Å². The molecule has 0 spiro atoms. The molecule has 1 aromatic heterocycles. The average Bonchev–Trinajstić information content (AvgIpc) is 3.34. The van der Waals surface area contributed by atoms with Gasteiger partial charge in [-0.05, 0) is 60.2 Å². The number of aromatic nitrogens is 2. The van der Waals surface area contributed by atoms with E-state index >= 15 is 0 Å². The van der Waals surface area contributed by atoms with Crippen LogP contribution in [0.2, 0.25) is 0 Å². The van der Waals surface area contributed by atoms with Gasteiger partial charge in [-0.1, -0.05) is 36.0 Å². The lowest BCUT2D eigenvalue weighted by Crippen LogP contribution is -2.03. The first-order valence-corrected chi connectivity index (χ1v) is 11.1. The van der Waals surface area contributed by atoms with Crippen LogP contribution in [0.5, 0.6) is 5.75 Å². The van der Waals surface area contributed by atoms with Crippen LogP contribution in [0.25, 0.3) is 6.08 Å². The van der Waals surface area contributed by atoms with E-state index in [4.69, 9.17) is 4.74 Å². The molecule has 1 N–H and O–H groups in total. The number of methoxy groups -OCH3 is 1. The molecule has 0 aliphatic carbocycles. The zero-order valence-electron chi connectivity index (χ0n) is 17.5. The molecule has 3 aromatic carbocycles. The van der Waals surface area contributed by atoms with Gasteiger partial charge in [-0.15, -0.1) is 0 Å². The summed E-state index contributed by atoms with van der Waals surface area (Å²) in [4.78, 5) is 15.2. The molecular formula is C26H21N3O2S. The lowest BCUT2D eigenvalue weighted by atomic mass is 10.1. The van der Waals surface area contributed by atoms with Gasteiger partial charge in [-0.25, -0.2) is 0 Å². The van der Waals surface area contributed by atoms with E-state index in [0.29, 0.717) is 12.1 Å². The van der Waals surface area contributed by atoms with E-state index in [0.717, 1.165) is 33.1 Å². The number of nitrogens with zero attached hydrogens (tertiary/aromatic N) is 2. The zero-order valence-corrected chi connectivity index (χ0v) is 18.3. The van der Waals surface area contributed by atoms with Gasteiger partial charge in [-0.3, -0.25) is 9.48 Å². The Hall–Kier alpha value is -3.77. The van der Waals surface area contributed by atoms with E-state index in [-0.39, 0.29) is 5.78 Å². The van der Waals surface area contributed by atoms with Gasteiger partial charge in [0.2, 0.25) is 0 Å². The number of carbonyl (C=O) groups is 1. The van der Waals surface area contributed by atoms with Crippen molar-refractivity contribution in [2.24, 2.45) is 0 Å².